The Hall–Kier alpha value is -2.47. The Morgan fingerprint density at radius 2 is 1.79 bits per heavy atom. The molecule has 0 unspecified atom stereocenters. The van der Waals surface area contributed by atoms with E-state index in [0.717, 1.165) is 5.56 Å². The number of ketones is 1. The summed E-state index contributed by atoms with van der Waals surface area (Å²) in [5, 5.41) is 0. The van der Waals surface area contributed by atoms with Crippen molar-refractivity contribution in [2.45, 2.75) is 20.8 Å². The normalized spacial score (nSPS) is 13.2. The van der Waals surface area contributed by atoms with Crippen molar-refractivity contribution in [2.24, 2.45) is 5.41 Å². The number of nitrogens with one attached hydrogen (secondary N) is 1. The molecular weight excluding hydrogens is 326 g/mol. The molecule has 0 radical (unpaired) electrons. The summed E-state index contributed by atoms with van der Waals surface area (Å²) in [6.07, 6.45) is 3.17. The van der Waals surface area contributed by atoms with E-state index in [1.54, 1.807) is 30.3 Å². The van der Waals surface area contributed by atoms with Crippen LogP contribution < -0.4 is 14.8 Å². The van der Waals surface area contributed by atoms with E-state index in [9.17, 15) is 14.4 Å². The lowest BCUT2D eigenvalue weighted by Crippen LogP contribution is -2.22. The van der Waals surface area contributed by atoms with Crippen molar-refractivity contribution in [3.8, 4) is 0 Å². The zero-order valence-electron chi connectivity index (χ0n) is 14.0. The van der Waals surface area contributed by atoms with E-state index in [1.165, 1.54) is 24.5 Å². The van der Waals surface area contributed by atoms with Gasteiger partial charge in [0.15, 0.2) is 5.78 Å². The largest absolute Gasteiger partial charge is 0.465 e. The van der Waals surface area contributed by atoms with Gasteiger partial charge in [0, 0.05) is 11.5 Å². The monoisotopic (exact) mass is 345 g/mol. The van der Waals surface area contributed by atoms with Crippen molar-refractivity contribution < 1.29 is 14.3 Å². The number of methoxy groups -OCH3 is 1. The number of hydrogen-bond acceptors (Lipinski definition) is 5. The summed E-state index contributed by atoms with van der Waals surface area (Å²) in [6.45, 7) is 5.48. The van der Waals surface area contributed by atoms with Crippen LogP contribution in [-0.2, 0) is 9.53 Å². The van der Waals surface area contributed by atoms with Crippen molar-refractivity contribution >= 4 is 35.2 Å². The maximum atomic E-state index is 12.0. The number of benzene rings is 1. The average Bonchev–Trinajstić information content (AvgIpc) is 2.86. The smallest absolute Gasteiger partial charge is 0.337 e. The van der Waals surface area contributed by atoms with Crippen molar-refractivity contribution in [3.63, 3.8) is 0 Å². The van der Waals surface area contributed by atoms with E-state index < -0.39 is 11.4 Å². The fourth-order valence-corrected chi connectivity index (χ4v) is 2.73. The molecule has 0 bridgehead atoms. The molecule has 0 aliphatic rings. The van der Waals surface area contributed by atoms with E-state index in [2.05, 4.69) is 9.72 Å². The molecule has 0 amide bonds. The van der Waals surface area contributed by atoms with E-state index in [-0.39, 0.29) is 11.3 Å². The lowest BCUT2D eigenvalue weighted by molar-refractivity contribution is -0.119. The van der Waals surface area contributed by atoms with Gasteiger partial charge in [-0.3, -0.25) is 9.59 Å². The van der Waals surface area contributed by atoms with Crippen LogP contribution in [0.2, 0.25) is 0 Å². The summed E-state index contributed by atoms with van der Waals surface area (Å²) in [6, 6.07) is 6.73. The molecule has 0 aliphatic heterocycles. The van der Waals surface area contributed by atoms with E-state index in [1.807, 2.05) is 20.8 Å². The van der Waals surface area contributed by atoms with Crippen LogP contribution in [0.1, 0.15) is 36.7 Å². The zero-order valence-corrected chi connectivity index (χ0v) is 14.8. The van der Waals surface area contributed by atoms with Crippen LogP contribution in [0.3, 0.4) is 0 Å². The quantitative estimate of drug-likeness (QED) is 0.854. The molecule has 1 aromatic carbocycles. The van der Waals surface area contributed by atoms with Crippen LogP contribution in [0.15, 0.2) is 29.1 Å². The highest BCUT2D eigenvalue weighted by atomic mass is 32.1. The molecule has 0 saturated carbocycles. The topological polar surface area (TPSA) is 76.2 Å². The molecule has 0 fully saturated rings. The van der Waals surface area contributed by atoms with Gasteiger partial charge in [0.05, 0.1) is 21.9 Å². The molecule has 0 atom stereocenters. The first-order valence-corrected chi connectivity index (χ1v) is 8.18. The third-order valence-electron chi connectivity index (χ3n) is 3.31. The number of thiazole rings is 1. The highest BCUT2D eigenvalue weighted by molar-refractivity contribution is 7.07. The lowest BCUT2D eigenvalue weighted by atomic mass is 9.91. The van der Waals surface area contributed by atoms with Crippen molar-refractivity contribution in [1.29, 1.82) is 0 Å². The average molecular weight is 345 g/mol. The van der Waals surface area contributed by atoms with Gasteiger partial charge < -0.3 is 9.72 Å². The van der Waals surface area contributed by atoms with E-state index in [4.69, 9.17) is 0 Å². The Morgan fingerprint density at radius 3 is 2.33 bits per heavy atom. The van der Waals surface area contributed by atoms with E-state index >= 15 is 0 Å². The van der Waals surface area contributed by atoms with Crippen molar-refractivity contribution in [3.05, 3.63) is 54.9 Å². The van der Waals surface area contributed by atoms with Gasteiger partial charge in [0.2, 0.25) is 0 Å². The number of aromatic nitrogens is 1. The van der Waals surface area contributed by atoms with Crippen LogP contribution >= 0.6 is 11.3 Å². The molecule has 126 valence electrons. The Bertz CT molecular complexity index is 927. The minimum absolute atomic E-state index is 0.0472. The number of H-pyrrole nitrogens is 1. The minimum Gasteiger partial charge on any atom is -0.465 e. The summed E-state index contributed by atoms with van der Waals surface area (Å²) < 4.78 is 5.66. The minimum atomic E-state index is -0.492. The molecule has 2 aromatic rings. The number of carbonyl (C=O) groups is 2. The van der Waals surface area contributed by atoms with Gasteiger partial charge in [-0.25, -0.2) is 4.79 Å². The van der Waals surface area contributed by atoms with Crippen LogP contribution in [0.5, 0.6) is 0 Å². The predicted molar refractivity (Wildman–Crippen MR) is 94.5 cm³/mol. The lowest BCUT2D eigenvalue weighted by Gasteiger charge is -2.12. The molecule has 0 spiro atoms. The van der Waals surface area contributed by atoms with Crippen LogP contribution in [0.4, 0.5) is 0 Å². The maximum Gasteiger partial charge on any atom is 0.337 e. The van der Waals surface area contributed by atoms with Crippen molar-refractivity contribution in [1.82, 2.24) is 4.98 Å². The fraction of sp³-hybridized carbons (Fsp3) is 0.278. The Kier molecular flexibility index (Phi) is 5.19. The van der Waals surface area contributed by atoms with Gasteiger partial charge in [-0.05, 0) is 23.8 Å². The molecule has 0 saturated heterocycles. The van der Waals surface area contributed by atoms with Gasteiger partial charge >= 0.3 is 5.97 Å². The SMILES string of the molecule is COC(=O)c1ccc(/C=c2\s/c(=C\C(=O)C(C)(C)C)[nH]c2=O)cc1. The summed E-state index contributed by atoms with van der Waals surface area (Å²) in [7, 11) is 1.32. The molecular formula is C18H19NO4S. The summed E-state index contributed by atoms with van der Waals surface area (Å²) >= 11 is 1.22. The molecule has 1 N–H and O–H groups in total. The number of rotatable bonds is 3. The number of esters is 1. The summed E-state index contributed by atoms with van der Waals surface area (Å²) in [5.41, 5.74) is 0.488. The molecule has 0 aliphatic carbocycles. The molecule has 5 nitrogen and oxygen atoms in total. The summed E-state index contributed by atoms with van der Waals surface area (Å²) in [4.78, 5) is 38.1. The summed E-state index contributed by atoms with van der Waals surface area (Å²) in [5.74, 6) is -0.456. The third kappa shape index (κ3) is 4.29. The molecule has 24 heavy (non-hydrogen) atoms. The zero-order chi connectivity index (χ0) is 17.9. The third-order valence-corrected chi connectivity index (χ3v) is 4.27. The predicted octanol–water partition coefficient (Wildman–Crippen LogP) is 1.45. The Morgan fingerprint density at radius 1 is 1.17 bits per heavy atom. The maximum absolute atomic E-state index is 12.0. The first kappa shape index (κ1) is 17.9. The number of Topliss-reactive ketones (excluding diaryl/α,β-unsaturated/α-hetero) is 1. The van der Waals surface area contributed by atoms with Gasteiger partial charge in [0.25, 0.3) is 5.56 Å². The van der Waals surface area contributed by atoms with Crippen molar-refractivity contribution in [2.75, 3.05) is 7.11 Å². The first-order valence-electron chi connectivity index (χ1n) is 7.36. The number of hydrogen-bond donors (Lipinski definition) is 1. The van der Waals surface area contributed by atoms with E-state index in [0.29, 0.717) is 14.8 Å². The van der Waals surface area contributed by atoms with Crippen LogP contribution in [0, 0.1) is 5.41 Å². The van der Waals surface area contributed by atoms with Gasteiger partial charge in [-0.2, -0.15) is 0 Å². The van der Waals surface area contributed by atoms with Crippen LogP contribution in [-0.4, -0.2) is 23.8 Å². The molecule has 2 rings (SSSR count). The molecule has 1 aromatic heterocycles. The standard InChI is InChI=1S/C18H19NO4S/c1-18(2,3)14(20)10-15-19-16(21)13(24-15)9-11-5-7-12(8-6-11)17(22)23-4/h5-10H,1-4H3,(H,19,21)/b13-9-,15-10-. The number of ether oxygens (including phenoxy) is 1. The second kappa shape index (κ2) is 6.97. The number of aromatic amines is 1. The van der Waals surface area contributed by atoms with Gasteiger partial charge in [0.1, 0.15) is 0 Å². The highest BCUT2D eigenvalue weighted by Gasteiger charge is 2.18. The number of carbonyl (C=O) groups excluding carboxylic acids is 2. The van der Waals surface area contributed by atoms with Gasteiger partial charge in [-0.15, -0.1) is 11.3 Å². The van der Waals surface area contributed by atoms with Crippen LogP contribution in [0.25, 0.3) is 12.2 Å². The van der Waals surface area contributed by atoms with Gasteiger partial charge in [-0.1, -0.05) is 32.9 Å². The molecule has 6 heteroatoms. The Labute approximate surface area is 143 Å². The molecule has 1 heterocycles. The second-order valence-electron chi connectivity index (χ2n) is 6.30. The Balaban J connectivity index is 2.38. The second-order valence-corrected chi connectivity index (χ2v) is 7.38. The fourth-order valence-electron chi connectivity index (χ4n) is 1.84. The first-order chi connectivity index (χ1) is 11.2. The highest BCUT2D eigenvalue weighted by Crippen LogP contribution is 2.14.